The van der Waals surface area contributed by atoms with E-state index in [2.05, 4.69) is 51.7 Å². The molecule has 3 rings (SSSR count). The maximum Gasteiger partial charge on any atom is 0.222 e. The van der Waals surface area contributed by atoms with Crippen LogP contribution in [0.5, 0.6) is 0 Å². The smallest absolute Gasteiger partial charge is 0.222 e. The molecule has 0 spiro atoms. The lowest BCUT2D eigenvalue weighted by Crippen LogP contribution is -2.37. The van der Waals surface area contributed by atoms with Gasteiger partial charge in [0.05, 0.1) is 12.7 Å². The average molecular weight is 313 g/mol. The molecule has 23 heavy (non-hydrogen) atoms. The van der Waals surface area contributed by atoms with Gasteiger partial charge in [-0.3, -0.25) is 14.4 Å². The van der Waals surface area contributed by atoms with Gasteiger partial charge in [0.15, 0.2) is 0 Å². The SMILES string of the molecule is C[C@H](c1ccccc1)N1CC[C@@H](NC(=O)CCn2ccnn2)C1. The Morgan fingerprint density at radius 3 is 2.96 bits per heavy atom. The molecule has 2 heterocycles. The molecular formula is C17H23N5O. The van der Waals surface area contributed by atoms with E-state index in [9.17, 15) is 4.79 Å². The van der Waals surface area contributed by atoms with Gasteiger partial charge in [0.2, 0.25) is 5.91 Å². The summed E-state index contributed by atoms with van der Waals surface area (Å²) in [7, 11) is 0. The van der Waals surface area contributed by atoms with Crippen LogP contribution in [-0.2, 0) is 11.3 Å². The zero-order valence-corrected chi connectivity index (χ0v) is 13.4. The van der Waals surface area contributed by atoms with E-state index in [0.717, 1.165) is 19.5 Å². The second-order valence-corrected chi connectivity index (χ2v) is 6.05. The molecule has 122 valence electrons. The maximum absolute atomic E-state index is 12.0. The molecular weight excluding hydrogens is 290 g/mol. The van der Waals surface area contributed by atoms with Crippen molar-refractivity contribution in [2.24, 2.45) is 0 Å². The van der Waals surface area contributed by atoms with Gasteiger partial charge in [-0.1, -0.05) is 35.5 Å². The minimum absolute atomic E-state index is 0.0831. The van der Waals surface area contributed by atoms with Gasteiger partial charge in [0.25, 0.3) is 0 Å². The topological polar surface area (TPSA) is 63.1 Å². The number of aromatic nitrogens is 3. The Labute approximate surface area is 136 Å². The highest BCUT2D eigenvalue weighted by Gasteiger charge is 2.27. The molecule has 1 amide bonds. The maximum atomic E-state index is 12.0. The van der Waals surface area contributed by atoms with Crippen molar-refractivity contribution in [3.63, 3.8) is 0 Å². The summed E-state index contributed by atoms with van der Waals surface area (Å²) >= 11 is 0. The summed E-state index contributed by atoms with van der Waals surface area (Å²) in [6.07, 6.45) is 4.84. The first-order chi connectivity index (χ1) is 11.2. The third-order valence-electron chi connectivity index (χ3n) is 4.45. The second kappa shape index (κ2) is 7.37. The molecule has 2 aromatic rings. The lowest BCUT2D eigenvalue weighted by atomic mass is 10.1. The van der Waals surface area contributed by atoms with Crippen molar-refractivity contribution in [2.45, 2.75) is 38.4 Å². The van der Waals surface area contributed by atoms with Gasteiger partial charge in [-0.05, 0) is 18.9 Å². The Morgan fingerprint density at radius 1 is 1.39 bits per heavy atom. The standard InChI is InChI=1S/C17H23N5O/c1-14(15-5-3-2-4-6-15)21-10-7-16(13-21)19-17(23)8-11-22-12-9-18-20-22/h2-6,9,12,14,16H,7-8,10-11,13H2,1H3,(H,19,23)/t14-,16-/m1/s1. The molecule has 0 unspecified atom stereocenters. The van der Waals surface area contributed by atoms with Crippen LogP contribution in [0.25, 0.3) is 0 Å². The van der Waals surface area contributed by atoms with Crippen molar-refractivity contribution in [3.05, 3.63) is 48.3 Å². The Kier molecular flexibility index (Phi) is 5.02. The molecule has 1 aromatic heterocycles. The largest absolute Gasteiger partial charge is 0.352 e. The third-order valence-corrected chi connectivity index (χ3v) is 4.45. The van der Waals surface area contributed by atoms with Crippen LogP contribution >= 0.6 is 0 Å². The predicted octanol–water partition coefficient (Wildman–Crippen LogP) is 1.62. The molecule has 0 aliphatic carbocycles. The molecule has 1 aliphatic rings. The van der Waals surface area contributed by atoms with Crippen molar-refractivity contribution < 1.29 is 4.79 Å². The Bertz CT molecular complexity index is 613. The highest BCUT2D eigenvalue weighted by atomic mass is 16.1. The van der Waals surface area contributed by atoms with Gasteiger partial charge >= 0.3 is 0 Å². The van der Waals surface area contributed by atoms with Crippen molar-refractivity contribution in [2.75, 3.05) is 13.1 Å². The Hall–Kier alpha value is -2.21. The quantitative estimate of drug-likeness (QED) is 0.880. The highest BCUT2D eigenvalue weighted by molar-refractivity contribution is 5.76. The molecule has 1 aliphatic heterocycles. The van der Waals surface area contributed by atoms with E-state index in [1.807, 2.05) is 6.07 Å². The van der Waals surface area contributed by atoms with Crippen LogP contribution in [0.2, 0.25) is 0 Å². The van der Waals surface area contributed by atoms with E-state index >= 15 is 0 Å². The molecule has 1 fully saturated rings. The number of likely N-dealkylation sites (tertiary alicyclic amines) is 1. The van der Waals surface area contributed by atoms with Gasteiger partial charge in [0, 0.05) is 37.8 Å². The van der Waals surface area contributed by atoms with Crippen LogP contribution < -0.4 is 5.32 Å². The fourth-order valence-corrected chi connectivity index (χ4v) is 3.07. The minimum Gasteiger partial charge on any atom is -0.352 e. The molecule has 0 saturated carbocycles. The fourth-order valence-electron chi connectivity index (χ4n) is 3.07. The first kappa shape index (κ1) is 15.7. The molecule has 0 radical (unpaired) electrons. The number of rotatable bonds is 6. The zero-order valence-electron chi connectivity index (χ0n) is 13.4. The number of amides is 1. The van der Waals surface area contributed by atoms with Crippen LogP contribution in [0.15, 0.2) is 42.7 Å². The van der Waals surface area contributed by atoms with E-state index in [4.69, 9.17) is 0 Å². The third kappa shape index (κ3) is 4.16. The first-order valence-electron chi connectivity index (χ1n) is 8.15. The lowest BCUT2D eigenvalue weighted by molar-refractivity contribution is -0.122. The lowest BCUT2D eigenvalue weighted by Gasteiger charge is -2.24. The number of carbonyl (C=O) groups is 1. The molecule has 6 nitrogen and oxygen atoms in total. The van der Waals surface area contributed by atoms with Crippen molar-refractivity contribution >= 4 is 5.91 Å². The average Bonchev–Trinajstić information content (AvgIpc) is 3.25. The molecule has 1 aromatic carbocycles. The normalized spacial score (nSPS) is 19.6. The molecule has 2 atom stereocenters. The number of carbonyl (C=O) groups excluding carboxylic acids is 1. The van der Waals surface area contributed by atoms with Crippen molar-refractivity contribution in [1.29, 1.82) is 0 Å². The van der Waals surface area contributed by atoms with E-state index < -0.39 is 0 Å². The molecule has 6 heteroatoms. The molecule has 0 bridgehead atoms. The van der Waals surface area contributed by atoms with Crippen LogP contribution in [0.3, 0.4) is 0 Å². The summed E-state index contributed by atoms with van der Waals surface area (Å²) in [6.45, 7) is 4.72. The van der Waals surface area contributed by atoms with Crippen molar-refractivity contribution in [3.8, 4) is 0 Å². The summed E-state index contributed by atoms with van der Waals surface area (Å²) < 4.78 is 1.68. The van der Waals surface area contributed by atoms with Crippen LogP contribution in [0, 0.1) is 0 Å². The van der Waals surface area contributed by atoms with Crippen LogP contribution in [0.1, 0.15) is 31.4 Å². The van der Waals surface area contributed by atoms with Gasteiger partial charge < -0.3 is 5.32 Å². The number of nitrogens with one attached hydrogen (secondary N) is 1. The fraction of sp³-hybridized carbons (Fsp3) is 0.471. The van der Waals surface area contributed by atoms with E-state index in [-0.39, 0.29) is 11.9 Å². The zero-order chi connectivity index (χ0) is 16.1. The van der Waals surface area contributed by atoms with Gasteiger partial charge in [-0.15, -0.1) is 5.10 Å². The van der Waals surface area contributed by atoms with Crippen LogP contribution in [0.4, 0.5) is 0 Å². The van der Waals surface area contributed by atoms with Crippen molar-refractivity contribution in [1.82, 2.24) is 25.2 Å². The predicted molar refractivity (Wildman–Crippen MR) is 87.6 cm³/mol. The summed E-state index contributed by atoms with van der Waals surface area (Å²) in [4.78, 5) is 14.5. The summed E-state index contributed by atoms with van der Waals surface area (Å²) in [5.41, 5.74) is 1.32. The Balaban J connectivity index is 1.45. The number of hydrogen-bond donors (Lipinski definition) is 1. The molecule has 1 N–H and O–H groups in total. The Morgan fingerprint density at radius 2 is 2.22 bits per heavy atom. The summed E-state index contributed by atoms with van der Waals surface area (Å²) in [6, 6.07) is 11.1. The number of aryl methyl sites for hydroxylation is 1. The summed E-state index contributed by atoms with van der Waals surface area (Å²) in [5, 5.41) is 10.7. The van der Waals surface area contributed by atoms with E-state index in [1.54, 1.807) is 17.1 Å². The molecule has 1 saturated heterocycles. The van der Waals surface area contributed by atoms with Crippen LogP contribution in [-0.4, -0.2) is 44.9 Å². The number of benzene rings is 1. The van der Waals surface area contributed by atoms with E-state index in [1.165, 1.54) is 5.56 Å². The van der Waals surface area contributed by atoms with Gasteiger partial charge in [0.1, 0.15) is 0 Å². The van der Waals surface area contributed by atoms with Gasteiger partial charge in [-0.2, -0.15) is 0 Å². The number of nitrogens with zero attached hydrogens (tertiary/aromatic N) is 4. The monoisotopic (exact) mass is 313 g/mol. The minimum atomic E-state index is 0.0831. The first-order valence-corrected chi connectivity index (χ1v) is 8.15. The number of hydrogen-bond acceptors (Lipinski definition) is 4. The highest BCUT2D eigenvalue weighted by Crippen LogP contribution is 2.24. The van der Waals surface area contributed by atoms with E-state index in [0.29, 0.717) is 19.0 Å². The second-order valence-electron chi connectivity index (χ2n) is 6.05. The summed E-state index contributed by atoms with van der Waals surface area (Å²) in [5.74, 6) is 0.0831. The van der Waals surface area contributed by atoms with Gasteiger partial charge in [-0.25, -0.2) is 0 Å².